The van der Waals surface area contributed by atoms with E-state index < -0.39 is 0 Å². The summed E-state index contributed by atoms with van der Waals surface area (Å²) < 4.78 is 2.05. The Morgan fingerprint density at radius 2 is 1.75 bits per heavy atom. The minimum absolute atomic E-state index is 0.0562. The molecular weight excluding hydrogens is 416 g/mol. The highest BCUT2D eigenvalue weighted by Crippen LogP contribution is 2.25. The Morgan fingerprint density at radius 3 is 2.53 bits per heavy atom. The largest absolute Gasteiger partial charge is 0.325 e. The summed E-state index contributed by atoms with van der Waals surface area (Å²) in [4.78, 5) is 12.7. The molecule has 1 N–H and O–H groups in total. The first-order chi connectivity index (χ1) is 15.6. The molecule has 0 unspecified atom stereocenters. The molecule has 0 radical (unpaired) electrons. The average molecular weight is 443 g/mol. The lowest BCUT2D eigenvalue weighted by Gasteiger charge is -2.12. The number of thioether (sulfide) groups is 1. The van der Waals surface area contributed by atoms with Gasteiger partial charge >= 0.3 is 0 Å². The third-order valence-electron chi connectivity index (χ3n) is 5.17. The average Bonchev–Trinajstić information content (AvgIpc) is 3.21. The molecule has 6 heteroatoms. The van der Waals surface area contributed by atoms with Crippen LogP contribution in [0.4, 0.5) is 5.69 Å². The Bertz CT molecular complexity index is 1200. The fraction of sp³-hybridized carbons (Fsp3) is 0.192. The van der Waals surface area contributed by atoms with Crippen LogP contribution in [-0.4, -0.2) is 26.4 Å². The van der Waals surface area contributed by atoms with Crippen molar-refractivity contribution in [1.29, 1.82) is 0 Å². The van der Waals surface area contributed by atoms with E-state index >= 15 is 0 Å². The second-order valence-corrected chi connectivity index (χ2v) is 8.53. The van der Waals surface area contributed by atoms with E-state index in [2.05, 4.69) is 58.2 Å². The Kier molecular flexibility index (Phi) is 7.02. The van der Waals surface area contributed by atoms with Gasteiger partial charge in [-0.2, -0.15) is 0 Å². The van der Waals surface area contributed by atoms with Gasteiger partial charge in [-0.1, -0.05) is 79.3 Å². The summed E-state index contributed by atoms with van der Waals surface area (Å²) in [6.45, 7) is 4.15. The van der Waals surface area contributed by atoms with Crippen molar-refractivity contribution in [3.8, 4) is 5.69 Å². The topological polar surface area (TPSA) is 59.8 Å². The Morgan fingerprint density at radius 1 is 0.969 bits per heavy atom. The monoisotopic (exact) mass is 442 g/mol. The summed E-state index contributed by atoms with van der Waals surface area (Å²) in [5.41, 5.74) is 5.32. The van der Waals surface area contributed by atoms with E-state index in [1.54, 1.807) is 0 Å². The number of aromatic nitrogens is 3. The van der Waals surface area contributed by atoms with Gasteiger partial charge in [-0.25, -0.2) is 0 Å². The molecule has 5 nitrogen and oxygen atoms in total. The van der Waals surface area contributed by atoms with E-state index in [-0.39, 0.29) is 11.7 Å². The highest BCUT2D eigenvalue weighted by atomic mass is 32.2. The fourth-order valence-corrected chi connectivity index (χ4v) is 4.35. The molecule has 0 spiro atoms. The zero-order valence-electron chi connectivity index (χ0n) is 18.3. The van der Waals surface area contributed by atoms with E-state index in [4.69, 9.17) is 0 Å². The molecule has 0 fully saturated rings. The highest BCUT2D eigenvalue weighted by Gasteiger charge is 2.17. The van der Waals surface area contributed by atoms with Crippen molar-refractivity contribution >= 4 is 23.4 Å². The summed E-state index contributed by atoms with van der Waals surface area (Å²) in [5, 5.41) is 12.6. The maximum atomic E-state index is 12.7. The number of amides is 1. The van der Waals surface area contributed by atoms with Gasteiger partial charge in [-0.05, 0) is 48.2 Å². The molecule has 0 aliphatic rings. The smallest absolute Gasteiger partial charge is 0.234 e. The molecule has 0 saturated carbocycles. The van der Waals surface area contributed by atoms with Crippen molar-refractivity contribution in [2.75, 3.05) is 11.1 Å². The molecule has 0 aliphatic carbocycles. The van der Waals surface area contributed by atoms with E-state index in [0.717, 1.165) is 34.7 Å². The van der Waals surface area contributed by atoms with Crippen molar-refractivity contribution in [3.63, 3.8) is 0 Å². The van der Waals surface area contributed by atoms with Crippen molar-refractivity contribution in [2.45, 2.75) is 31.8 Å². The zero-order chi connectivity index (χ0) is 22.3. The van der Waals surface area contributed by atoms with Crippen molar-refractivity contribution < 1.29 is 4.79 Å². The van der Waals surface area contributed by atoms with Crippen molar-refractivity contribution in [1.82, 2.24) is 14.8 Å². The number of nitrogens with zero attached hydrogens (tertiary/aromatic N) is 3. The van der Waals surface area contributed by atoms with Gasteiger partial charge in [0, 0.05) is 17.8 Å². The molecule has 32 heavy (non-hydrogen) atoms. The van der Waals surface area contributed by atoms with E-state index in [9.17, 15) is 4.79 Å². The van der Waals surface area contributed by atoms with Gasteiger partial charge in [0.15, 0.2) is 5.16 Å². The molecule has 0 atom stereocenters. The lowest BCUT2D eigenvalue weighted by molar-refractivity contribution is -0.113. The molecule has 0 bridgehead atoms. The van der Waals surface area contributed by atoms with Crippen LogP contribution in [0.2, 0.25) is 0 Å². The molecule has 0 saturated heterocycles. The predicted molar refractivity (Wildman–Crippen MR) is 131 cm³/mol. The minimum atomic E-state index is -0.0562. The minimum Gasteiger partial charge on any atom is -0.325 e. The maximum absolute atomic E-state index is 12.7. The van der Waals surface area contributed by atoms with E-state index in [1.807, 2.05) is 54.6 Å². The summed E-state index contributed by atoms with van der Waals surface area (Å²) in [5.74, 6) is 1.05. The van der Waals surface area contributed by atoms with Gasteiger partial charge in [-0.3, -0.25) is 9.36 Å². The summed E-state index contributed by atoms with van der Waals surface area (Å²) in [6, 6.07) is 26.4. The molecule has 1 heterocycles. The lowest BCUT2D eigenvalue weighted by atomic mass is 10.1. The molecule has 4 aromatic rings. The number of benzene rings is 3. The third-order valence-corrected chi connectivity index (χ3v) is 6.10. The number of hydrogen-bond donors (Lipinski definition) is 1. The van der Waals surface area contributed by atoms with E-state index in [1.165, 1.54) is 17.3 Å². The van der Waals surface area contributed by atoms with Crippen LogP contribution in [0.5, 0.6) is 0 Å². The number of carbonyl (C=O) groups excluding carboxylic acids is 1. The third kappa shape index (κ3) is 5.26. The van der Waals surface area contributed by atoms with Gasteiger partial charge in [0.1, 0.15) is 5.82 Å². The van der Waals surface area contributed by atoms with Gasteiger partial charge < -0.3 is 5.32 Å². The van der Waals surface area contributed by atoms with Gasteiger partial charge in [0.2, 0.25) is 5.91 Å². The van der Waals surface area contributed by atoms with Crippen LogP contribution in [0.25, 0.3) is 5.69 Å². The van der Waals surface area contributed by atoms with Gasteiger partial charge in [0.25, 0.3) is 0 Å². The number of nitrogens with one attached hydrogen (secondary N) is 1. The van der Waals surface area contributed by atoms with Crippen LogP contribution >= 0.6 is 11.8 Å². The van der Waals surface area contributed by atoms with Crippen LogP contribution in [0.1, 0.15) is 29.4 Å². The number of carbonyl (C=O) groups is 1. The predicted octanol–water partition coefficient (Wildman–Crippen LogP) is 5.46. The number of rotatable bonds is 8. The summed E-state index contributed by atoms with van der Waals surface area (Å²) in [6.07, 6.45) is 1.53. The first-order valence-corrected chi connectivity index (χ1v) is 11.7. The molecular formula is C26H26N4OS. The lowest BCUT2D eigenvalue weighted by Crippen LogP contribution is -2.15. The second kappa shape index (κ2) is 10.3. The molecule has 1 aromatic heterocycles. The Hall–Kier alpha value is -3.38. The number of aryl methyl sites for hydroxylation is 2. The van der Waals surface area contributed by atoms with Crippen LogP contribution in [0, 0.1) is 6.92 Å². The Balaban J connectivity index is 1.56. The molecule has 0 aliphatic heterocycles. The quantitative estimate of drug-likeness (QED) is 0.368. The zero-order valence-corrected chi connectivity index (χ0v) is 19.1. The van der Waals surface area contributed by atoms with Crippen LogP contribution in [0.15, 0.2) is 84.0 Å². The molecule has 4 rings (SSSR count). The van der Waals surface area contributed by atoms with Crippen molar-refractivity contribution in [3.05, 3.63) is 101 Å². The number of hydrogen-bond acceptors (Lipinski definition) is 4. The van der Waals surface area contributed by atoms with E-state index in [0.29, 0.717) is 11.6 Å². The first-order valence-electron chi connectivity index (χ1n) is 10.7. The molecule has 162 valence electrons. The molecule has 1 amide bonds. The first kappa shape index (κ1) is 21.8. The maximum Gasteiger partial charge on any atom is 0.234 e. The summed E-state index contributed by atoms with van der Waals surface area (Å²) in [7, 11) is 0. The number of para-hydroxylation sites is 1. The van der Waals surface area contributed by atoms with Crippen molar-refractivity contribution in [2.24, 2.45) is 0 Å². The second-order valence-electron chi connectivity index (χ2n) is 7.58. The Labute approximate surface area is 192 Å². The fourth-order valence-electron chi connectivity index (χ4n) is 3.58. The summed E-state index contributed by atoms with van der Waals surface area (Å²) >= 11 is 1.40. The highest BCUT2D eigenvalue weighted by molar-refractivity contribution is 7.99. The van der Waals surface area contributed by atoms with Crippen LogP contribution in [-0.2, 0) is 17.6 Å². The van der Waals surface area contributed by atoms with Gasteiger partial charge in [-0.15, -0.1) is 10.2 Å². The van der Waals surface area contributed by atoms with Crippen LogP contribution in [0.3, 0.4) is 0 Å². The number of anilines is 1. The SMILES string of the molecule is CCc1ccccc1NC(=O)CSc1nnc(Cc2ccccc2)n1-c1cccc(C)c1. The standard InChI is InChI=1S/C26H26N4OS/c1-3-21-13-7-8-15-23(21)27-25(31)18-32-26-29-28-24(17-20-11-5-4-6-12-20)30(26)22-14-9-10-19(2)16-22/h4-16H,3,17-18H2,1-2H3,(H,27,31). The van der Waals surface area contributed by atoms with Gasteiger partial charge in [0.05, 0.1) is 5.75 Å². The normalized spacial score (nSPS) is 10.8. The molecule has 3 aromatic carbocycles. The van der Waals surface area contributed by atoms with Crippen LogP contribution < -0.4 is 5.32 Å².